The fraction of sp³-hybridized carbons (Fsp3) is 0.512. The van der Waals surface area contributed by atoms with Crippen molar-refractivity contribution in [3.8, 4) is 17.1 Å². The number of aromatic nitrogens is 4. The number of nitrogens with one attached hydrogen (secondary N) is 1. The Morgan fingerprint density at radius 2 is 1.82 bits per heavy atom. The van der Waals surface area contributed by atoms with Crippen LogP contribution in [0, 0.1) is 18.3 Å². The van der Waals surface area contributed by atoms with E-state index in [1.807, 2.05) is 30.0 Å². The van der Waals surface area contributed by atoms with Crippen LogP contribution in [0.4, 0.5) is 19.0 Å². The molecule has 0 atom stereocenters. The predicted molar refractivity (Wildman–Crippen MR) is 211 cm³/mol. The van der Waals surface area contributed by atoms with E-state index < -0.39 is 11.9 Å². The molecular weight excluding hydrogens is 728 g/mol. The minimum atomic E-state index is -4.42. The average Bonchev–Trinajstić information content (AvgIpc) is 3.87. The van der Waals surface area contributed by atoms with Crippen LogP contribution in [0.15, 0.2) is 48.5 Å². The van der Waals surface area contributed by atoms with Crippen LogP contribution >= 0.6 is 11.8 Å². The quantitative estimate of drug-likeness (QED) is 0.0834. The molecule has 2 aromatic carbocycles. The molecule has 8 rings (SSSR count). The molecule has 10 nitrogen and oxygen atoms in total. The van der Waals surface area contributed by atoms with E-state index in [2.05, 4.69) is 33.2 Å². The second-order valence-corrected chi connectivity index (χ2v) is 16.6. The Kier molecular flexibility index (Phi) is 10.6. The van der Waals surface area contributed by atoms with E-state index in [0.717, 1.165) is 98.2 Å². The number of rotatable bonds is 13. The minimum absolute atomic E-state index is 0.0300. The van der Waals surface area contributed by atoms with Crippen molar-refractivity contribution in [3.63, 3.8) is 0 Å². The Balaban J connectivity index is 1.17. The number of alkyl halides is 3. The van der Waals surface area contributed by atoms with Crippen LogP contribution in [0.1, 0.15) is 49.7 Å². The van der Waals surface area contributed by atoms with Gasteiger partial charge >= 0.3 is 12.2 Å². The molecule has 3 aliphatic heterocycles. The van der Waals surface area contributed by atoms with Gasteiger partial charge < -0.3 is 24.2 Å². The summed E-state index contributed by atoms with van der Waals surface area (Å²) in [6.07, 6.45) is 6.03. The molecule has 2 aromatic heterocycles. The molecule has 0 unspecified atom stereocenters. The molecule has 3 saturated heterocycles. The maximum absolute atomic E-state index is 14.1. The monoisotopic (exact) mass is 775 g/mol. The van der Waals surface area contributed by atoms with Crippen LogP contribution in [0.5, 0.6) is 6.01 Å². The van der Waals surface area contributed by atoms with Crippen molar-refractivity contribution in [1.29, 1.82) is 0 Å². The molecule has 0 bridgehead atoms. The van der Waals surface area contributed by atoms with Crippen LogP contribution in [-0.4, -0.2) is 113 Å². The number of hydrogen-bond donors (Lipinski definition) is 1. The molecule has 4 fully saturated rings. The maximum atomic E-state index is 14.1. The van der Waals surface area contributed by atoms with Crippen molar-refractivity contribution in [3.05, 3.63) is 54.8 Å². The number of likely N-dealkylation sites (tertiary alicyclic amines) is 2. The molecule has 1 spiro atoms. The Hall–Kier alpha value is -4.14. The number of piperidine rings is 2. The molecule has 1 saturated carbocycles. The molecule has 1 aliphatic carbocycles. The molecule has 0 radical (unpaired) electrons. The summed E-state index contributed by atoms with van der Waals surface area (Å²) in [6, 6.07) is 6.01. The van der Waals surface area contributed by atoms with Gasteiger partial charge in [0.25, 0.3) is 0 Å². The minimum Gasteiger partial charge on any atom is -0.460 e. The lowest BCUT2D eigenvalue weighted by atomic mass is 9.72. The van der Waals surface area contributed by atoms with E-state index >= 15 is 0 Å². The van der Waals surface area contributed by atoms with Gasteiger partial charge in [0, 0.05) is 79.1 Å². The van der Waals surface area contributed by atoms with Gasteiger partial charge in [-0.1, -0.05) is 25.3 Å². The third kappa shape index (κ3) is 8.08. The second-order valence-electron chi connectivity index (χ2n) is 15.7. The topological polar surface area (TPSA) is 99.7 Å². The molecule has 4 aliphatic rings. The zero-order valence-electron chi connectivity index (χ0n) is 31.3. The number of hydrogen-bond acceptors (Lipinski definition) is 9. The first kappa shape index (κ1) is 37.8. The van der Waals surface area contributed by atoms with Crippen LogP contribution < -0.4 is 9.64 Å². The highest BCUT2D eigenvalue weighted by Gasteiger charge is 2.46. The Morgan fingerprint density at radius 3 is 2.51 bits per heavy atom. The summed E-state index contributed by atoms with van der Waals surface area (Å²) in [4.78, 5) is 29.1. The Morgan fingerprint density at radius 1 is 1.05 bits per heavy atom. The van der Waals surface area contributed by atoms with Gasteiger partial charge in [0.15, 0.2) is 0 Å². The van der Waals surface area contributed by atoms with Crippen LogP contribution in [0.2, 0.25) is 0 Å². The first-order valence-corrected chi connectivity index (χ1v) is 20.3. The molecule has 292 valence electrons. The van der Waals surface area contributed by atoms with Crippen molar-refractivity contribution in [2.75, 3.05) is 69.7 Å². The zero-order valence-corrected chi connectivity index (χ0v) is 32.1. The van der Waals surface area contributed by atoms with E-state index in [1.54, 1.807) is 12.3 Å². The van der Waals surface area contributed by atoms with E-state index in [0.29, 0.717) is 58.9 Å². The molecule has 1 N–H and O–H groups in total. The molecule has 5 heterocycles. The summed E-state index contributed by atoms with van der Waals surface area (Å²) in [5.41, 5.74) is 4.23. The van der Waals surface area contributed by atoms with Gasteiger partial charge in [-0.15, -0.1) is 11.8 Å². The molecular formula is C41H48F3N7O3S. The van der Waals surface area contributed by atoms with Crippen molar-refractivity contribution in [1.82, 2.24) is 30.0 Å². The third-order valence-electron chi connectivity index (χ3n) is 11.7. The van der Waals surface area contributed by atoms with Gasteiger partial charge in [-0.2, -0.15) is 28.2 Å². The third-order valence-corrected chi connectivity index (χ3v) is 12.8. The summed E-state index contributed by atoms with van der Waals surface area (Å²) in [5.74, 6) is 0.229. The number of aryl methyl sites for hydroxylation is 1. The average molecular weight is 776 g/mol. The van der Waals surface area contributed by atoms with Gasteiger partial charge in [-0.3, -0.25) is 9.89 Å². The number of benzene rings is 2. The number of anilines is 1. The van der Waals surface area contributed by atoms with Crippen molar-refractivity contribution in [2.45, 2.75) is 62.6 Å². The maximum Gasteiger partial charge on any atom is 0.398 e. The van der Waals surface area contributed by atoms with Gasteiger partial charge in [-0.25, -0.2) is 0 Å². The van der Waals surface area contributed by atoms with E-state index in [4.69, 9.17) is 19.4 Å². The van der Waals surface area contributed by atoms with Gasteiger partial charge in [-0.05, 0) is 86.3 Å². The summed E-state index contributed by atoms with van der Waals surface area (Å²) < 4.78 is 54.8. The molecule has 55 heavy (non-hydrogen) atoms. The predicted octanol–water partition coefficient (Wildman–Crippen LogP) is 7.66. The Bertz CT molecular complexity index is 2080. The highest BCUT2D eigenvalue weighted by Crippen LogP contribution is 2.48. The summed E-state index contributed by atoms with van der Waals surface area (Å²) >= 11 is 0.739. The number of nitrogens with zero attached hydrogens (tertiary/aromatic N) is 6. The summed E-state index contributed by atoms with van der Waals surface area (Å²) in [6.45, 7) is 16.6. The summed E-state index contributed by atoms with van der Waals surface area (Å²) in [7, 11) is 0. The summed E-state index contributed by atoms with van der Waals surface area (Å²) in [5, 5.41) is 8.74. The van der Waals surface area contributed by atoms with Crippen molar-refractivity contribution >= 4 is 51.4 Å². The second kappa shape index (κ2) is 15.4. The standard InChI is InChI=1S/C41H48F3N7O3S/c1-4-28-20-30-36(37(55-25-41(42,43)44)35(28)34-26(3)6-9-32-31(34)21-45-48-32)46-39(54-29-10-14-49(15-11-29)18-19-53-22-27-7-8-27)47-38(30)50-16-12-40(13-17-50)23-51(24-40)33(52)5-2/h4-6,9,20-21,27,29H,1-2,7-8,10-19,22-25H2,3H3,(H,45,48). The van der Waals surface area contributed by atoms with E-state index in [1.165, 1.54) is 18.9 Å². The highest BCUT2D eigenvalue weighted by atomic mass is 32.2. The van der Waals surface area contributed by atoms with Crippen LogP contribution in [0.3, 0.4) is 0 Å². The molecule has 1 amide bonds. The number of fused-ring (bicyclic) bond motifs is 2. The lowest BCUT2D eigenvalue weighted by Crippen LogP contribution is -2.61. The number of halogens is 3. The fourth-order valence-electron chi connectivity index (χ4n) is 8.37. The van der Waals surface area contributed by atoms with Gasteiger partial charge in [0.2, 0.25) is 5.91 Å². The largest absolute Gasteiger partial charge is 0.460 e. The number of carbonyl (C=O) groups is 1. The first-order chi connectivity index (χ1) is 26.5. The SMILES string of the molecule is C=CC(=O)N1CC2(CCN(c3nc(OC4CCN(CCOCC5CC5)CC4)nc4c(SCC(F)(F)F)c(-c5c(C)ccc6[nH]ncc56)c(C=C)cc34)CC2)C1. The fourth-order valence-corrected chi connectivity index (χ4v) is 9.34. The first-order valence-electron chi connectivity index (χ1n) is 19.3. The smallest absolute Gasteiger partial charge is 0.398 e. The molecule has 14 heteroatoms. The number of carbonyl (C=O) groups excluding carboxylic acids is 1. The number of ether oxygens (including phenoxy) is 2. The molecule has 4 aromatic rings. The number of thioether (sulfide) groups is 1. The lowest BCUT2D eigenvalue weighted by Gasteiger charge is -2.54. The van der Waals surface area contributed by atoms with E-state index in [-0.39, 0.29) is 23.4 Å². The normalized spacial score (nSPS) is 19.3. The lowest BCUT2D eigenvalue weighted by molar-refractivity contribution is -0.139. The number of H-pyrrole nitrogens is 1. The zero-order chi connectivity index (χ0) is 38.3. The van der Waals surface area contributed by atoms with Crippen molar-refractivity contribution < 1.29 is 27.4 Å². The number of aromatic amines is 1. The van der Waals surface area contributed by atoms with Crippen molar-refractivity contribution in [2.24, 2.45) is 11.3 Å². The van der Waals surface area contributed by atoms with Crippen LogP contribution in [-0.2, 0) is 9.53 Å². The Labute approximate surface area is 323 Å². The number of amides is 1. The van der Waals surface area contributed by atoms with Crippen LogP contribution in [0.25, 0.3) is 39.0 Å². The van der Waals surface area contributed by atoms with Gasteiger partial charge in [0.05, 0.1) is 29.6 Å². The van der Waals surface area contributed by atoms with Gasteiger partial charge in [0.1, 0.15) is 11.9 Å². The van der Waals surface area contributed by atoms with E-state index in [9.17, 15) is 18.0 Å². The highest BCUT2D eigenvalue weighted by molar-refractivity contribution is 7.99.